The highest BCUT2D eigenvalue weighted by Crippen LogP contribution is 2.28. The third kappa shape index (κ3) is 4.84. The van der Waals surface area contributed by atoms with Gasteiger partial charge in [0.15, 0.2) is 0 Å². The molecule has 25 heavy (non-hydrogen) atoms. The van der Waals surface area contributed by atoms with Crippen LogP contribution in [0.1, 0.15) is 0 Å². The van der Waals surface area contributed by atoms with Gasteiger partial charge in [0.25, 0.3) is 0 Å². The molecule has 0 heterocycles. The average molecular weight is 386 g/mol. The van der Waals surface area contributed by atoms with Crippen LogP contribution in [0.25, 0.3) is 0 Å². The van der Waals surface area contributed by atoms with Gasteiger partial charge < -0.3 is 14.0 Å². The van der Waals surface area contributed by atoms with Gasteiger partial charge in [-0.05, 0) is 36.4 Å². The lowest BCUT2D eigenvalue weighted by Crippen LogP contribution is -2.37. The molecule has 126 valence electrons. The first-order chi connectivity index (χ1) is 12.1. The van der Waals surface area contributed by atoms with E-state index in [0.717, 1.165) is 0 Å². The van der Waals surface area contributed by atoms with Gasteiger partial charge in [0.05, 0.1) is 0 Å². The largest absolute Gasteiger partial charge is 0.864 e. The van der Waals surface area contributed by atoms with Crippen LogP contribution in [-0.2, 0) is 0 Å². The first-order valence-corrected chi connectivity index (χ1v) is 8.81. The van der Waals surface area contributed by atoms with Gasteiger partial charge in [-0.15, -0.1) is 37.9 Å². The highest BCUT2D eigenvalue weighted by atomic mass is 32.1. The fourth-order valence-electron chi connectivity index (χ4n) is 2.05. The Kier molecular flexibility index (Phi) is 6.12. The molecule has 0 aliphatic rings. The molecule has 0 fully saturated rings. The van der Waals surface area contributed by atoms with Crippen LogP contribution in [0.15, 0.2) is 87.5 Å². The predicted molar refractivity (Wildman–Crippen MR) is 109 cm³/mol. The quantitative estimate of drug-likeness (QED) is 0.408. The molecular weight excluding hydrogens is 371 g/mol. The molecule has 3 aromatic carbocycles. The average Bonchev–Trinajstić information content (AvgIpc) is 2.61. The minimum absolute atomic E-state index is 0.545. The topological polar surface area (TPSA) is 27.7 Å². The van der Waals surface area contributed by atoms with Gasteiger partial charge in [0, 0.05) is 14.7 Å². The fourth-order valence-corrected chi connectivity index (χ4v) is 2.69. The van der Waals surface area contributed by atoms with Crippen LogP contribution in [0, 0.1) is 0 Å². The molecule has 3 rings (SSSR count). The van der Waals surface area contributed by atoms with Crippen molar-refractivity contribution in [3.8, 4) is 17.2 Å². The first kappa shape index (κ1) is 18.0. The van der Waals surface area contributed by atoms with Crippen LogP contribution in [-0.4, -0.2) is 7.32 Å². The van der Waals surface area contributed by atoms with E-state index in [9.17, 15) is 0 Å². The molecular formula is C18H15BO3S3. The van der Waals surface area contributed by atoms with Crippen molar-refractivity contribution in [1.82, 2.24) is 0 Å². The molecule has 0 aliphatic heterocycles. The molecule has 0 N–H and O–H groups in total. The summed E-state index contributed by atoms with van der Waals surface area (Å²) in [5, 5.41) is 0. The molecule has 0 aliphatic carbocycles. The van der Waals surface area contributed by atoms with Crippen molar-refractivity contribution in [3.05, 3.63) is 72.8 Å². The van der Waals surface area contributed by atoms with E-state index in [-0.39, 0.29) is 0 Å². The van der Waals surface area contributed by atoms with E-state index in [1.165, 1.54) is 0 Å². The van der Waals surface area contributed by atoms with Crippen LogP contribution in [0.3, 0.4) is 0 Å². The van der Waals surface area contributed by atoms with Crippen molar-refractivity contribution in [2.75, 3.05) is 0 Å². The van der Waals surface area contributed by atoms with E-state index in [2.05, 4.69) is 37.9 Å². The monoisotopic (exact) mass is 386 g/mol. The van der Waals surface area contributed by atoms with E-state index < -0.39 is 7.32 Å². The Morgan fingerprint density at radius 2 is 0.760 bits per heavy atom. The number of benzene rings is 3. The molecule has 0 radical (unpaired) electrons. The Bertz CT molecular complexity index is 747. The highest BCUT2D eigenvalue weighted by molar-refractivity contribution is 7.80. The highest BCUT2D eigenvalue weighted by Gasteiger charge is 2.32. The summed E-state index contributed by atoms with van der Waals surface area (Å²) in [4.78, 5) is 2.04. The Balaban J connectivity index is 1.86. The lowest BCUT2D eigenvalue weighted by atomic mass is 10.2. The number of hydrogen-bond acceptors (Lipinski definition) is 6. The molecule has 0 bridgehead atoms. The van der Waals surface area contributed by atoms with Gasteiger partial charge in [0.2, 0.25) is 0 Å². The van der Waals surface area contributed by atoms with Crippen molar-refractivity contribution in [1.29, 1.82) is 0 Å². The van der Waals surface area contributed by atoms with E-state index in [4.69, 9.17) is 14.0 Å². The minimum atomic E-state index is -1.03. The molecule has 0 unspecified atom stereocenters. The molecule has 0 amide bonds. The van der Waals surface area contributed by atoms with E-state index in [0.29, 0.717) is 31.9 Å². The number of thiol groups is 3. The summed E-state index contributed by atoms with van der Waals surface area (Å²) in [5.74, 6) is 1.64. The zero-order valence-electron chi connectivity index (χ0n) is 13.1. The Morgan fingerprint density at radius 3 is 1.04 bits per heavy atom. The van der Waals surface area contributed by atoms with Crippen molar-refractivity contribution < 1.29 is 14.0 Å². The predicted octanol–water partition coefficient (Wildman–Crippen LogP) is 5.07. The molecule has 0 spiro atoms. The van der Waals surface area contributed by atoms with E-state index >= 15 is 0 Å². The fraction of sp³-hybridized carbons (Fsp3) is 0. The second kappa shape index (κ2) is 8.51. The summed E-state index contributed by atoms with van der Waals surface area (Å²) in [7, 11) is -1.03. The second-order valence-electron chi connectivity index (χ2n) is 5.05. The summed E-state index contributed by atoms with van der Waals surface area (Å²) in [6, 6.07) is 22.0. The standard InChI is InChI=1S/C18H15BO3S3/c23-16-10-4-1-7-13(16)20-19(21-14-8-2-5-11-17(14)24)22-15-9-3-6-12-18(15)25/h1-12,23-25H. The molecule has 3 aromatic rings. The maximum Gasteiger partial charge on any atom is 0.864 e. The number of hydrogen-bond donors (Lipinski definition) is 3. The van der Waals surface area contributed by atoms with Gasteiger partial charge >= 0.3 is 7.32 Å². The summed E-state index contributed by atoms with van der Waals surface area (Å²) in [6.45, 7) is 0. The molecule has 7 heteroatoms. The maximum absolute atomic E-state index is 5.87. The molecule has 3 nitrogen and oxygen atoms in total. The Hall–Kier alpha value is -1.83. The van der Waals surface area contributed by atoms with Gasteiger partial charge in [-0.25, -0.2) is 0 Å². The van der Waals surface area contributed by atoms with E-state index in [1.54, 1.807) is 18.2 Å². The zero-order chi connectivity index (χ0) is 17.6. The van der Waals surface area contributed by atoms with Gasteiger partial charge in [0.1, 0.15) is 17.2 Å². The van der Waals surface area contributed by atoms with Crippen LogP contribution in [0.2, 0.25) is 0 Å². The van der Waals surface area contributed by atoms with Gasteiger partial charge in [-0.2, -0.15) is 0 Å². The molecule has 0 atom stereocenters. The number of para-hydroxylation sites is 3. The lowest BCUT2D eigenvalue weighted by molar-refractivity contribution is 0.298. The van der Waals surface area contributed by atoms with E-state index in [1.807, 2.05) is 54.6 Å². The first-order valence-electron chi connectivity index (χ1n) is 7.47. The van der Waals surface area contributed by atoms with Crippen molar-refractivity contribution in [2.45, 2.75) is 14.7 Å². The van der Waals surface area contributed by atoms with Crippen LogP contribution >= 0.6 is 37.9 Å². The zero-order valence-corrected chi connectivity index (χ0v) is 15.8. The SMILES string of the molecule is Sc1ccccc1OB(Oc1ccccc1S)Oc1ccccc1S. The smallest absolute Gasteiger partial charge is 0.489 e. The van der Waals surface area contributed by atoms with Crippen molar-refractivity contribution >= 4 is 45.2 Å². The second-order valence-corrected chi connectivity index (χ2v) is 6.49. The van der Waals surface area contributed by atoms with Crippen LogP contribution < -0.4 is 14.0 Å². The normalized spacial score (nSPS) is 10.2. The summed E-state index contributed by atoms with van der Waals surface area (Å²) in [5.41, 5.74) is 0. The molecule has 0 saturated carbocycles. The maximum atomic E-state index is 5.87. The van der Waals surface area contributed by atoms with Crippen molar-refractivity contribution in [3.63, 3.8) is 0 Å². The Labute approximate surface area is 163 Å². The lowest BCUT2D eigenvalue weighted by Gasteiger charge is -2.18. The van der Waals surface area contributed by atoms with Gasteiger partial charge in [-0.3, -0.25) is 0 Å². The number of rotatable bonds is 6. The third-order valence-corrected chi connectivity index (χ3v) is 4.37. The molecule has 0 aromatic heterocycles. The van der Waals surface area contributed by atoms with Crippen LogP contribution in [0.4, 0.5) is 0 Å². The van der Waals surface area contributed by atoms with Crippen molar-refractivity contribution in [2.24, 2.45) is 0 Å². The van der Waals surface area contributed by atoms with Crippen LogP contribution in [0.5, 0.6) is 17.2 Å². The molecule has 0 saturated heterocycles. The summed E-state index contributed by atoms with van der Waals surface area (Å²) >= 11 is 13.2. The third-order valence-electron chi connectivity index (χ3n) is 3.27. The minimum Gasteiger partial charge on any atom is -0.489 e. The summed E-state index contributed by atoms with van der Waals surface area (Å²) < 4.78 is 17.6. The summed E-state index contributed by atoms with van der Waals surface area (Å²) in [6.07, 6.45) is 0. The van der Waals surface area contributed by atoms with Gasteiger partial charge in [-0.1, -0.05) is 36.4 Å². The Morgan fingerprint density at radius 1 is 0.480 bits per heavy atom.